The summed E-state index contributed by atoms with van der Waals surface area (Å²) in [5, 5.41) is 0.913. The van der Waals surface area contributed by atoms with Gasteiger partial charge in [0.15, 0.2) is 5.78 Å². The maximum atomic E-state index is 11.7. The van der Waals surface area contributed by atoms with E-state index in [2.05, 4.69) is 41.9 Å². The Labute approximate surface area is 119 Å². The molecule has 0 spiro atoms. The summed E-state index contributed by atoms with van der Waals surface area (Å²) in [6.45, 7) is 7.91. The van der Waals surface area contributed by atoms with Crippen molar-refractivity contribution in [2.45, 2.75) is 58.7 Å². The topological polar surface area (TPSA) is 26.3 Å². The minimum Gasteiger partial charge on any atom is -0.360 e. The van der Waals surface area contributed by atoms with Gasteiger partial charge in [-0.25, -0.2) is 0 Å². The van der Waals surface area contributed by atoms with Crippen LogP contribution in [0.1, 0.15) is 47.0 Å². The highest BCUT2D eigenvalue weighted by molar-refractivity contribution is 9.09. The van der Waals surface area contributed by atoms with E-state index in [1.165, 1.54) is 11.1 Å². The molecule has 0 aliphatic carbocycles. The third-order valence-corrected chi connectivity index (χ3v) is 3.74. The van der Waals surface area contributed by atoms with Crippen LogP contribution in [0.4, 0.5) is 0 Å². The predicted molar refractivity (Wildman–Crippen MR) is 79.1 cm³/mol. The first kappa shape index (κ1) is 15.6. The van der Waals surface area contributed by atoms with Crippen molar-refractivity contribution in [3.63, 3.8) is 0 Å². The van der Waals surface area contributed by atoms with Crippen LogP contribution in [0.2, 0.25) is 0 Å². The highest BCUT2D eigenvalue weighted by atomic mass is 79.9. The van der Waals surface area contributed by atoms with Gasteiger partial charge in [-0.2, -0.15) is 0 Å². The van der Waals surface area contributed by atoms with E-state index in [1.807, 2.05) is 13.8 Å². The second-order valence-corrected chi connectivity index (χ2v) is 6.08. The zero-order valence-corrected chi connectivity index (χ0v) is 13.3. The molecule has 0 radical (unpaired) electrons. The molecule has 1 unspecified atom stereocenters. The Balaban J connectivity index is 2.48. The van der Waals surface area contributed by atoms with Gasteiger partial charge in [0.1, 0.15) is 5.60 Å². The van der Waals surface area contributed by atoms with Crippen LogP contribution in [-0.4, -0.2) is 22.8 Å². The lowest BCUT2D eigenvalue weighted by molar-refractivity contribution is -0.129. The fourth-order valence-corrected chi connectivity index (χ4v) is 2.58. The number of carbonyl (C=O) groups is 1. The van der Waals surface area contributed by atoms with Gasteiger partial charge in [0.25, 0.3) is 0 Å². The van der Waals surface area contributed by atoms with Crippen LogP contribution >= 0.6 is 15.9 Å². The first-order valence-electron chi connectivity index (χ1n) is 6.46. The molecule has 18 heavy (non-hydrogen) atoms. The molecular formula is C15H23BrO2. The van der Waals surface area contributed by atoms with Crippen LogP contribution in [0.3, 0.4) is 0 Å². The van der Waals surface area contributed by atoms with Gasteiger partial charge in [-0.15, -0.1) is 0 Å². The van der Waals surface area contributed by atoms with Crippen molar-refractivity contribution in [3.8, 4) is 0 Å². The first-order chi connectivity index (χ1) is 8.36. The van der Waals surface area contributed by atoms with Crippen LogP contribution in [0.25, 0.3) is 0 Å². The molecule has 0 bridgehead atoms. The first-order valence-corrected chi connectivity index (χ1v) is 7.58. The molecule has 3 heteroatoms. The Morgan fingerprint density at radius 3 is 2.61 bits per heavy atom. The number of hydrogen-bond acceptors (Lipinski definition) is 2. The molecule has 1 heterocycles. The Morgan fingerprint density at radius 2 is 2.11 bits per heavy atom. The minimum absolute atomic E-state index is 0.0204. The third-order valence-electron chi connectivity index (χ3n) is 3.42. The maximum Gasteiger partial charge on any atom is 0.167 e. The lowest BCUT2D eigenvalue weighted by Gasteiger charge is -2.18. The second kappa shape index (κ2) is 6.67. The molecule has 2 nitrogen and oxygen atoms in total. The molecule has 1 aliphatic rings. The summed E-state index contributed by atoms with van der Waals surface area (Å²) in [4.78, 5) is 11.7. The summed E-state index contributed by atoms with van der Waals surface area (Å²) in [6.07, 6.45) is 6.95. The summed E-state index contributed by atoms with van der Waals surface area (Å²) in [6, 6.07) is 0. The monoisotopic (exact) mass is 314 g/mol. The number of hydrogen-bond donors (Lipinski definition) is 0. The van der Waals surface area contributed by atoms with Crippen LogP contribution in [0, 0.1) is 0 Å². The average molecular weight is 315 g/mol. The smallest absolute Gasteiger partial charge is 0.167 e. The molecule has 0 amide bonds. The summed E-state index contributed by atoms with van der Waals surface area (Å²) in [5.74, 6) is 0.204. The molecule has 0 aromatic rings. The SMILES string of the molecule is C/C(=C\CBr)CC/C=C(\C)C1CC(=O)C(C)(C)O1. The molecular weight excluding hydrogens is 292 g/mol. The Hall–Kier alpha value is -0.410. The Bertz CT molecular complexity index is 367. The average Bonchev–Trinajstić information content (AvgIpc) is 2.54. The number of ether oxygens (including phenoxy) is 1. The molecule has 0 aromatic carbocycles. The van der Waals surface area contributed by atoms with Gasteiger partial charge in [-0.05, 0) is 46.1 Å². The van der Waals surface area contributed by atoms with Crippen molar-refractivity contribution in [3.05, 3.63) is 23.3 Å². The molecule has 1 atom stereocenters. The Morgan fingerprint density at radius 1 is 1.44 bits per heavy atom. The van der Waals surface area contributed by atoms with E-state index in [1.54, 1.807) is 0 Å². The molecule has 102 valence electrons. The van der Waals surface area contributed by atoms with Crippen LogP contribution in [-0.2, 0) is 9.53 Å². The van der Waals surface area contributed by atoms with E-state index in [4.69, 9.17) is 4.74 Å². The molecule has 1 rings (SSSR count). The van der Waals surface area contributed by atoms with Crippen LogP contribution < -0.4 is 0 Å². The molecule has 0 N–H and O–H groups in total. The van der Waals surface area contributed by atoms with Gasteiger partial charge in [0.05, 0.1) is 6.10 Å². The quantitative estimate of drug-likeness (QED) is 0.562. The predicted octanol–water partition coefficient (Wildman–Crippen LogP) is 4.19. The highest BCUT2D eigenvalue weighted by Gasteiger charge is 2.40. The van der Waals surface area contributed by atoms with Gasteiger partial charge in [0, 0.05) is 11.8 Å². The maximum absolute atomic E-state index is 11.7. The van der Waals surface area contributed by atoms with Gasteiger partial charge in [-0.3, -0.25) is 4.79 Å². The summed E-state index contributed by atoms with van der Waals surface area (Å²) >= 11 is 3.39. The highest BCUT2D eigenvalue weighted by Crippen LogP contribution is 2.30. The van der Waals surface area contributed by atoms with Crippen LogP contribution in [0.5, 0.6) is 0 Å². The fourth-order valence-electron chi connectivity index (χ4n) is 2.02. The number of ketones is 1. The molecule has 1 fully saturated rings. The molecule has 1 aliphatic heterocycles. The normalized spacial score (nSPS) is 24.7. The lowest BCUT2D eigenvalue weighted by Crippen LogP contribution is -2.27. The number of alkyl halides is 1. The number of halogens is 1. The van der Waals surface area contributed by atoms with Gasteiger partial charge in [0.2, 0.25) is 0 Å². The van der Waals surface area contributed by atoms with Crippen molar-refractivity contribution in [2.24, 2.45) is 0 Å². The fraction of sp³-hybridized carbons (Fsp3) is 0.667. The summed E-state index contributed by atoms with van der Waals surface area (Å²) < 4.78 is 5.79. The lowest BCUT2D eigenvalue weighted by atomic mass is 10.0. The molecule has 0 saturated carbocycles. The van der Waals surface area contributed by atoms with Crippen LogP contribution in [0.15, 0.2) is 23.3 Å². The third kappa shape index (κ3) is 4.36. The number of Topliss-reactive ketones (excluding diaryl/α,β-unsaturated/α-hetero) is 1. The Kier molecular flexibility index (Phi) is 5.80. The molecule has 1 saturated heterocycles. The van der Waals surface area contributed by atoms with E-state index in [9.17, 15) is 4.79 Å². The standard InChI is InChI=1S/C15H23BrO2/c1-11(8-9-16)6-5-7-12(2)13-10-14(17)15(3,4)18-13/h7-8,13H,5-6,9-10H2,1-4H3/b11-8+,12-7+. The van der Waals surface area contributed by atoms with E-state index in [0.717, 1.165) is 18.2 Å². The van der Waals surface area contributed by atoms with Gasteiger partial charge < -0.3 is 4.74 Å². The van der Waals surface area contributed by atoms with E-state index in [0.29, 0.717) is 6.42 Å². The van der Waals surface area contributed by atoms with Gasteiger partial charge in [-0.1, -0.05) is 33.7 Å². The number of rotatable bonds is 5. The van der Waals surface area contributed by atoms with E-state index in [-0.39, 0.29) is 11.9 Å². The summed E-state index contributed by atoms with van der Waals surface area (Å²) in [5.41, 5.74) is 1.96. The minimum atomic E-state index is -0.606. The van der Waals surface area contributed by atoms with Gasteiger partial charge >= 0.3 is 0 Å². The second-order valence-electron chi connectivity index (χ2n) is 5.44. The largest absolute Gasteiger partial charge is 0.360 e. The molecule has 0 aromatic heterocycles. The number of carbonyl (C=O) groups excluding carboxylic acids is 1. The summed E-state index contributed by atoms with van der Waals surface area (Å²) in [7, 11) is 0. The van der Waals surface area contributed by atoms with E-state index < -0.39 is 5.60 Å². The zero-order valence-electron chi connectivity index (χ0n) is 11.8. The van der Waals surface area contributed by atoms with Crippen molar-refractivity contribution in [1.82, 2.24) is 0 Å². The van der Waals surface area contributed by atoms with Crippen molar-refractivity contribution < 1.29 is 9.53 Å². The van der Waals surface area contributed by atoms with E-state index >= 15 is 0 Å². The van der Waals surface area contributed by atoms with Crippen molar-refractivity contribution in [1.29, 1.82) is 0 Å². The zero-order chi connectivity index (χ0) is 13.8. The number of allylic oxidation sites excluding steroid dienone is 3. The van der Waals surface area contributed by atoms with Crippen molar-refractivity contribution >= 4 is 21.7 Å². The van der Waals surface area contributed by atoms with Crippen molar-refractivity contribution in [2.75, 3.05) is 5.33 Å².